The number of hydrogen-bond acceptors (Lipinski definition) is 4. The maximum absolute atomic E-state index is 15.3. The van der Waals surface area contributed by atoms with Crippen molar-refractivity contribution in [2.24, 2.45) is 0 Å². The third-order valence-electron chi connectivity index (χ3n) is 6.29. The Morgan fingerprint density at radius 1 is 1.09 bits per heavy atom. The Balaban J connectivity index is 1.38. The number of sulfonamides is 1. The lowest BCUT2D eigenvalue weighted by molar-refractivity contribution is -0.118. The zero-order chi connectivity index (χ0) is 23.2. The number of nitrogens with zero attached hydrogens (tertiary/aromatic N) is 1. The van der Waals surface area contributed by atoms with Crippen LogP contribution in [-0.2, 0) is 27.8 Å². The first-order valence-corrected chi connectivity index (χ1v) is 12.7. The number of rotatable bonds is 4. The molecule has 0 aromatic heterocycles. The maximum Gasteiger partial charge on any atom is 0.245 e. The average molecular weight is 488 g/mol. The van der Waals surface area contributed by atoms with E-state index in [1.807, 2.05) is 6.07 Å². The Morgan fingerprint density at radius 2 is 1.88 bits per heavy atom. The second kappa shape index (κ2) is 8.68. The molecule has 3 aromatic rings. The Labute approximate surface area is 196 Å². The quantitative estimate of drug-likeness (QED) is 0.587. The number of fused-ring (bicyclic) bond motifs is 2. The van der Waals surface area contributed by atoms with Gasteiger partial charge in [0.1, 0.15) is 11.9 Å². The number of carbonyl (C=O) groups is 1. The summed E-state index contributed by atoms with van der Waals surface area (Å²) in [7, 11) is -3.95. The van der Waals surface area contributed by atoms with Gasteiger partial charge in [0.2, 0.25) is 15.9 Å². The van der Waals surface area contributed by atoms with Crippen molar-refractivity contribution >= 4 is 44.0 Å². The maximum atomic E-state index is 15.3. The second-order valence-electron chi connectivity index (χ2n) is 8.42. The fourth-order valence-electron chi connectivity index (χ4n) is 4.55. The molecule has 9 heteroatoms. The van der Waals surface area contributed by atoms with E-state index in [0.717, 1.165) is 29.3 Å². The molecule has 1 atom stereocenters. The van der Waals surface area contributed by atoms with E-state index in [4.69, 9.17) is 11.6 Å². The third kappa shape index (κ3) is 4.24. The molecule has 2 N–H and O–H groups in total. The number of amides is 1. The number of hydrogen-bond donors (Lipinski definition) is 2. The molecule has 0 bridgehead atoms. The van der Waals surface area contributed by atoms with Gasteiger partial charge in [0, 0.05) is 18.1 Å². The first-order valence-electron chi connectivity index (χ1n) is 10.9. The van der Waals surface area contributed by atoms with E-state index in [1.165, 1.54) is 11.0 Å². The SMILES string of the molecule is O=C1[C@@H](NS(=O)(=O)c2ccc3cc(Cl)ccc3c2)CCN1c1ccc2c(c1F)CCCNC2. The molecule has 33 heavy (non-hydrogen) atoms. The van der Waals surface area contributed by atoms with Gasteiger partial charge in [-0.2, -0.15) is 4.72 Å². The highest BCUT2D eigenvalue weighted by Crippen LogP contribution is 2.31. The van der Waals surface area contributed by atoms with Gasteiger partial charge in [-0.1, -0.05) is 29.8 Å². The predicted molar refractivity (Wildman–Crippen MR) is 126 cm³/mol. The molecule has 0 spiro atoms. The van der Waals surface area contributed by atoms with Gasteiger partial charge in [0.15, 0.2) is 0 Å². The Kier molecular flexibility index (Phi) is 5.86. The summed E-state index contributed by atoms with van der Waals surface area (Å²) in [6.07, 6.45) is 1.69. The molecule has 1 fully saturated rings. The van der Waals surface area contributed by atoms with Crippen LogP contribution in [0.2, 0.25) is 5.02 Å². The summed E-state index contributed by atoms with van der Waals surface area (Å²) < 4.78 is 43.8. The van der Waals surface area contributed by atoms with Gasteiger partial charge in [-0.05, 0) is 78.0 Å². The van der Waals surface area contributed by atoms with Crippen molar-refractivity contribution in [2.45, 2.75) is 36.7 Å². The van der Waals surface area contributed by atoms with Crippen LogP contribution in [-0.4, -0.2) is 33.5 Å². The van der Waals surface area contributed by atoms with Crippen molar-refractivity contribution in [3.05, 3.63) is 70.5 Å². The highest BCUT2D eigenvalue weighted by Gasteiger charge is 2.37. The Hall–Kier alpha value is -2.52. The summed E-state index contributed by atoms with van der Waals surface area (Å²) in [5, 5.41) is 5.37. The third-order valence-corrected chi connectivity index (χ3v) is 8.00. The predicted octanol–water partition coefficient (Wildman–Crippen LogP) is 3.75. The van der Waals surface area contributed by atoms with Crippen LogP contribution in [0.1, 0.15) is 24.0 Å². The molecule has 1 amide bonds. The van der Waals surface area contributed by atoms with E-state index in [0.29, 0.717) is 23.6 Å². The summed E-state index contributed by atoms with van der Waals surface area (Å²) in [6, 6.07) is 12.4. The largest absolute Gasteiger partial charge is 0.313 e. The molecular formula is C24H23ClFN3O3S. The summed E-state index contributed by atoms with van der Waals surface area (Å²) in [6.45, 7) is 1.66. The van der Waals surface area contributed by atoms with Crippen LogP contribution in [0.5, 0.6) is 0 Å². The summed E-state index contributed by atoms with van der Waals surface area (Å²) in [5.41, 5.74) is 1.74. The van der Waals surface area contributed by atoms with Crippen molar-refractivity contribution < 1.29 is 17.6 Å². The monoisotopic (exact) mass is 487 g/mol. The van der Waals surface area contributed by atoms with Crippen LogP contribution < -0.4 is 14.9 Å². The van der Waals surface area contributed by atoms with Gasteiger partial charge in [-0.25, -0.2) is 12.8 Å². The number of anilines is 1. The lowest BCUT2D eigenvalue weighted by atomic mass is 10.0. The molecule has 0 saturated carbocycles. The van der Waals surface area contributed by atoms with Crippen molar-refractivity contribution in [1.29, 1.82) is 0 Å². The highest BCUT2D eigenvalue weighted by atomic mass is 35.5. The standard InChI is InChI=1S/C24H23ClFN3O3S/c25-18-6-3-16-13-19(7-4-15(16)12-18)33(31,32)28-21-9-11-29(24(21)30)22-8-5-17-14-27-10-1-2-20(17)23(22)26/h3-8,12-13,21,27-28H,1-2,9-11,14H2/t21-/m0/s1. The number of halogens is 2. The lowest BCUT2D eigenvalue weighted by Gasteiger charge is -2.20. The van der Waals surface area contributed by atoms with Gasteiger partial charge in [-0.3, -0.25) is 4.79 Å². The minimum Gasteiger partial charge on any atom is -0.313 e. The zero-order valence-electron chi connectivity index (χ0n) is 17.8. The molecule has 0 radical (unpaired) electrons. The van der Waals surface area contributed by atoms with Crippen molar-refractivity contribution in [2.75, 3.05) is 18.0 Å². The molecule has 1 saturated heterocycles. The molecule has 2 aliphatic rings. The topological polar surface area (TPSA) is 78.5 Å². The average Bonchev–Trinajstić information content (AvgIpc) is 2.99. The fourth-order valence-corrected chi connectivity index (χ4v) is 5.99. The minimum absolute atomic E-state index is 0.0623. The molecule has 172 valence electrons. The lowest BCUT2D eigenvalue weighted by Crippen LogP contribution is -2.41. The highest BCUT2D eigenvalue weighted by molar-refractivity contribution is 7.89. The number of carbonyl (C=O) groups excluding carboxylic acids is 1. The van der Waals surface area contributed by atoms with Gasteiger partial charge < -0.3 is 10.2 Å². The molecule has 5 rings (SSSR count). The molecular weight excluding hydrogens is 465 g/mol. The van der Waals surface area contributed by atoms with Crippen molar-refractivity contribution in [3.8, 4) is 0 Å². The normalized spacial score (nSPS) is 19.0. The van der Waals surface area contributed by atoms with E-state index in [-0.39, 0.29) is 29.4 Å². The van der Waals surface area contributed by atoms with E-state index in [9.17, 15) is 13.2 Å². The Bertz CT molecular complexity index is 1360. The molecule has 2 heterocycles. The van der Waals surface area contributed by atoms with Crippen molar-refractivity contribution in [3.63, 3.8) is 0 Å². The van der Waals surface area contributed by atoms with Gasteiger partial charge in [0.25, 0.3) is 0 Å². The second-order valence-corrected chi connectivity index (χ2v) is 10.6. The molecule has 0 unspecified atom stereocenters. The van der Waals surface area contributed by atoms with Crippen LogP contribution in [0.3, 0.4) is 0 Å². The van der Waals surface area contributed by atoms with Crippen molar-refractivity contribution in [1.82, 2.24) is 10.0 Å². The van der Waals surface area contributed by atoms with E-state index >= 15 is 4.39 Å². The smallest absolute Gasteiger partial charge is 0.245 e. The first-order chi connectivity index (χ1) is 15.8. The fraction of sp³-hybridized carbons (Fsp3) is 0.292. The van der Waals surface area contributed by atoms with E-state index in [1.54, 1.807) is 36.4 Å². The van der Waals surface area contributed by atoms with Crippen LogP contribution in [0.4, 0.5) is 10.1 Å². The molecule has 3 aromatic carbocycles. The van der Waals surface area contributed by atoms with Gasteiger partial charge in [-0.15, -0.1) is 0 Å². The number of benzene rings is 3. The minimum atomic E-state index is -3.95. The molecule has 6 nitrogen and oxygen atoms in total. The van der Waals surface area contributed by atoms with Crippen LogP contribution in [0, 0.1) is 5.82 Å². The molecule has 0 aliphatic carbocycles. The zero-order valence-corrected chi connectivity index (χ0v) is 19.3. The molecule has 2 aliphatic heterocycles. The van der Waals surface area contributed by atoms with Gasteiger partial charge >= 0.3 is 0 Å². The van der Waals surface area contributed by atoms with E-state index in [2.05, 4.69) is 10.0 Å². The van der Waals surface area contributed by atoms with Crippen LogP contribution in [0.15, 0.2) is 53.4 Å². The van der Waals surface area contributed by atoms with Crippen LogP contribution >= 0.6 is 11.6 Å². The van der Waals surface area contributed by atoms with Crippen LogP contribution in [0.25, 0.3) is 10.8 Å². The van der Waals surface area contributed by atoms with E-state index < -0.39 is 22.0 Å². The Morgan fingerprint density at radius 3 is 2.73 bits per heavy atom. The summed E-state index contributed by atoms with van der Waals surface area (Å²) >= 11 is 6.00. The number of nitrogens with one attached hydrogen (secondary N) is 2. The summed E-state index contributed by atoms with van der Waals surface area (Å²) in [5.74, 6) is -0.835. The summed E-state index contributed by atoms with van der Waals surface area (Å²) in [4.78, 5) is 14.5. The van der Waals surface area contributed by atoms with Gasteiger partial charge in [0.05, 0.1) is 10.6 Å². The first kappa shape index (κ1) is 22.3.